The average Bonchev–Trinajstić information content (AvgIpc) is 2.80. The maximum absolute atomic E-state index is 11.5. The molecule has 21 heavy (non-hydrogen) atoms. The van der Waals surface area contributed by atoms with Crippen molar-refractivity contribution in [2.75, 3.05) is 6.54 Å². The first-order valence-corrected chi connectivity index (χ1v) is 7.60. The second kappa shape index (κ2) is 5.53. The highest BCUT2D eigenvalue weighted by Crippen LogP contribution is 2.43. The number of fused-ring (bicyclic) bond motifs is 1. The van der Waals surface area contributed by atoms with E-state index in [2.05, 4.69) is 12.2 Å². The van der Waals surface area contributed by atoms with E-state index in [0.717, 1.165) is 6.54 Å². The van der Waals surface area contributed by atoms with E-state index in [1.165, 1.54) is 25.7 Å². The first kappa shape index (κ1) is 14.1. The molecule has 1 fully saturated rings. The Kier molecular flexibility index (Phi) is 3.72. The van der Waals surface area contributed by atoms with Crippen molar-refractivity contribution < 1.29 is 14.3 Å². The number of benzene rings is 1. The minimum atomic E-state index is -0.925. The second-order valence-corrected chi connectivity index (χ2v) is 6.01. The van der Waals surface area contributed by atoms with Gasteiger partial charge in [0.05, 0.1) is 6.54 Å². The van der Waals surface area contributed by atoms with Gasteiger partial charge in [0.2, 0.25) is 0 Å². The van der Waals surface area contributed by atoms with Crippen LogP contribution in [0.4, 0.5) is 0 Å². The summed E-state index contributed by atoms with van der Waals surface area (Å²) in [6, 6.07) is 7.30. The van der Waals surface area contributed by atoms with Crippen LogP contribution in [0, 0.1) is 5.41 Å². The van der Waals surface area contributed by atoms with Gasteiger partial charge < -0.3 is 14.8 Å². The summed E-state index contributed by atoms with van der Waals surface area (Å²) in [4.78, 5) is 11.5. The number of para-hydroxylation sites is 1. The minimum Gasteiger partial charge on any atom is -0.478 e. The van der Waals surface area contributed by atoms with Crippen molar-refractivity contribution in [3.05, 3.63) is 35.6 Å². The van der Waals surface area contributed by atoms with Crippen molar-refractivity contribution in [2.45, 2.75) is 39.2 Å². The molecule has 4 heteroatoms. The predicted octanol–water partition coefficient (Wildman–Crippen LogP) is 3.80. The summed E-state index contributed by atoms with van der Waals surface area (Å²) < 4.78 is 5.72. The van der Waals surface area contributed by atoms with Crippen molar-refractivity contribution in [3.63, 3.8) is 0 Å². The molecule has 1 aromatic heterocycles. The molecule has 0 unspecified atom stereocenters. The zero-order valence-corrected chi connectivity index (χ0v) is 12.3. The fraction of sp³-hybridized carbons (Fsp3) is 0.471. The summed E-state index contributed by atoms with van der Waals surface area (Å²) in [6.07, 6.45) is 5.01. The molecule has 0 spiro atoms. The van der Waals surface area contributed by atoms with Crippen LogP contribution in [0.15, 0.2) is 28.7 Å². The molecule has 112 valence electrons. The lowest BCUT2D eigenvalue weighted by Gasteiger charge is -2.41. The molecule has 1 aliphatic carbocycles. The number of rotatable bonds is 6. The number of aromatic carboxylic acids is 1. The van der Waals surface area contributed by atoms with Crippen molar-refractivity contribution in [3.8, 4) is 0 Å². The maximum Gasteiger partial charge on any atom is 0.339 e. The van der Waals surface area contributed by atoms with Crippen LogP contribution in [-0.4, -0.2) is 17.6 Å². The number of carbonyl (C=O) groups is 1. The Labute approximate surface area is 124 Å². The highest BCUT2D eigenvalue weighted by atomic mass is 16.4. The summed E-state index contributed by atoms with van der Waals surface area (Å²) in [5.41, 5.74) is 1.34. The van der Waals surface area contributed by atoms with Crippen LogP contribution in [0.2, 0.25) is 0 Å². The molecule has 0 amide bonds. The molecular weight excluding hydrogens is 266 g/mol. The normalized spacial score (nSPS) is 16.8. The summed E-state index contributed by atoms with van der Waals surface area (Å²) >= 11 is 0. The van der Waals surface area contributed by atoms with Gasteiger partial charge in [0.15, 0.2) is 0 Å². The molecule has 1 saturated carbocycles. The van der Waals surface area contributed by atoms with E-state index in [1.54, 1.807) is 6.07 Å². The molecule has 4 nitrogen and oxygen atoms in total. The van der Waals surface area contributed by atoms with Gasteiger partial charge in [0.25, 0.3) is 0 Å². The van der Waals surface area contributed by atoms with Gasteiger partial charge in [-0.05, 0) is 30.7 Å². The molecule has 1 heterocycles. The van der Waals surface area contributed by atoms with Crippen LogP contribution in [0.3, 0.4) is 0 Å². The molecule has 0 saturated heterocycles. The van der Waals surface area contributed by atoms with E-state index >= 15 is 0 Å². The molecule has 2 N–H and O–H groups in total. The highest BCUT2D eigenvalue weighted by molar-refractivity contribution is 6.03. The number of carboxylic acids is 1. The zero-order valence-electron chi connectivity index (χ0n) is 12.3. The van der Waals surface area contributed by atoms with Crippen molar-refractivity contribution in [1.82, 2.24) is 5.32 Å². The fourth-order valence-electron chi connectivity index (χ4n) is 3.23. The Morgan fingerprint density at radius 1 is 1.38 bits per heavy atom. The number of nitrogens with one attached hydrogen (secondary N) is 1. The highest BCUT2D eigenvalue weighted by Gasteiger charge is 2.34. The van der Waals surface area contributed by atoms with E-state index in [4.69, 9.17) is 4.42 Å². The van der Waals surface area contributed by atoms with Gasteiger partial charge in [0, 0.05) is 11.9 Å². The largest absolute Gasteiger partial charge is 0.478 e. The quantitative estimate of drug-likeness (QED) is 0.848. The third-order valence-corrected chi connectivity index (χ3v) is 4.83. The van der Waals surface area contributed by atoms with Crippen LogP contribution in [-0.2, 0) is 6.54 Å². The SMILES string of the molecule is CCC1(CNCc2oc3ccccc3c2C(=O)O)CCC1. The average molecular weight is 287 g/mol. The summed E-state index contributed by atoms with van der Waals surface area (Å²) in [5.74, 6) is -0.403. The van der Waals surface area contributed by atoms with Gasteiger partial charge in [0.1, 0.15) is 16.9 Å². The van der Waals surface area contributed by atoms with E-state index in [9.17, 15) is 9.90 Å². The van der Waals surface area contributed by atoms with Crippen LogP contribution >= 0.6 is 0 Å². The first-order chi connectivity index (χ1) is 10.2. The van der Waals surface area contributed by atoms with Gasteiger partial charge in [-0.3, -0.25) is 0 Å². The lowest BCUT2D eigenvalue weighted by atomic mass is 9.67. The molecule has 3 rings (SSSR count). The van der Waals surface area contributed by atoms with E-state index in [0.29, 0.717) is 28.7 Å². The van der Waals surface area contributed by atoms with Crippen LogP contribution in [0.5, 0.6) is 0 Å². The summed E-state index contributed by atoms with van der Waals surface area (Å²) in [5, 5.41) is 13.5. The molecule has 0 bridgehead atoms. The third-order valence-electron chi connectivity index (χ3n) is 4.83. The van der Waals surface area contributed by atoms with E-state index < -0.39 is 5.97 Å². The number of hydrogen-bond donors (Lipinski definition) is 2. The summed E-state index contributed by atoms with van der Waals surface area (Å²) in [6.45, 7) is 3.63. The fourth-order valence-corrected chi connectivity index (χ4v) is 3.23. The molecular formula is C17H21NO3. The smallest absolute Gasteiger partial charge is 0.339 e. The maximum atomic E-state index is 11.5. The van der Waals surface area contributed by atoms with Crippen molar-refractivity contribution >= 4 is 16.9 Å². The molecule has 0 radical (unpaired) electrons. The first-order valence-electron chi connectivity index (χ1n) is 7.60. The molecule has 0 atom stereocenters. The number of furan rings is 1. The topological polar surface area (TPSA) is 62.5 Å². The zero-order chi connectivity index (χ0) is 14.9. The number of hydrogen-bond acceptors (Lipinski definition) is 3. The lowest BCUT2D eigenvalue weighted by molar-refractivity contribution is 0.0695. The van der Waals surface area contributed by atoms with Crippen LogP contribution < -0.4 is 5.32 Å². The van der Waals surface area contributed by atoms with Crippen LogP contribution in [0.25, 0.3) is 11.0 Å². The standard InChI is InChI=1S/C17H21NO3/c1-2-17(8-5-9-17)11-18-10-14-15(16(19)20)12-6-3-4-7-13(12)21-14/h3-4,6-7,18H,2,5,8-11H2,1H3,(H,19,20). The third kappa shape index (κ3) is 2.56. The second-order valence-electron chi connectivity index (χ2n) is 6.01. The molecule has 1 aromatic carbocycles. The minimum absolute atomic E-state index is 0.289. The van der Waals surface area contributed by atoms with E-state index in [-0.39, 0.29) is 5.56 Å². The van der Waals surface area contributed by atoms with Gasteiger partial charge in [-0.25, -0.2) is 4.79 Å². The Bertz CT molecular complexity index is 650. The van der Waals surface area contributed by atoms with Gasteiger partial charge in [-0.2, -0.15) is 0 Å². The molecule has 2 aromatic rings. The molecule has 0 aliphatic heterocycles. The monoisotopic (exact) mass is 287 g/mol. The Morgan fingerprint density at radius 2 is 2.14 bits per heavy atom. The summed E-state index contributed by atoms with van der Waals surface area (Å²) in [7, 11) is 0. The van der Waals surface area contributed by atoms with Crippen molar-refractivity contribution in [2.24, 2.45) is 5.41 Å². The number of carboxylic acid groups (broad SMARTS) is 1. The van der Waals surface area contributed by atoms with Crippen LogP contribution in [0.1, 0.15) is 48.7 Å². The van der Waals surface area contributed by atoms with E-state index in [1.807, 2.05) is 18.2 Å². The Morgan fingerprint density at radius 3 is 2.76 bits per heavy atom. The van der Waals surface area contributed by atoms with Crippen molar-refractivity contribution in [1.29, 1.82) is 0 Å². The Hall–Kier alpha value is -1.81. The van der Waals surface area contributed by atoms with Gasteiger partial charge >= 0.3 is 5.97 Å². The molecule has 1 aliphatic rings. The lowest BCUT2D eigenvalue weighted by Crippen LogP contribution is -2.39. The predicted molar refractivity (Wildman–Crippen MR) is 81.5 cm³/mol. The van der Waals surface area contributed by atoms with Gasteiger partial charge in [-0.15, -0.1) is 0 Å². The Balaban J connectivity index is 1.77. The van der Waals surface area contributed by atoms with Gasteiger partial charge in [-0.1, -0.05) is 31.5 Å².